The Morgan fingerprint density at radius 2 is 1.75 bits per heavy atom. The standard InChI is InChI=1S/C15H14O3S2/c16-13(12(14(17)18)15-19-6-7-20-15)11-8-10(11)9-4-2-1-3-5-9/h1-5,10-11H,6-8H2,(H,17,18)/p-1/t10-,11-/m1/s1. The zero-order valence-corrected chi connectivity index (χ0v) is 12.3. The van der Waals surface area contributed by atoms with E-state index in [1.807, 2.05) is 30.3 Å². The Kier molecular flexibility index (Phi) is 3.89. The van der Waals surface area contributed by atoms with Gasteiger partial charge in [-0.2, -0.15) is 0 Å². The van der Waals surface area contributed by atoms with Gasteiger partial charge in [0.2, 0.25) is 0 Å². The smallest absolute Gasteiger partial charge is 0.170 e. The van der Waals surface area contributed by atoms with Crippen LogP contribution in [0.4, 0.5) is 0 Å². The molecule has 0 radical (unpaired) electrons. The molecule has 104 valence electrons. The second-order valence-corrected chi connectivity index (χ2v) is 7.34. The summed E-state index contributed by atoms with van der Waals surface area (Å²) >= 11 is 2.90. The molecule has 1 aliphatic heterocycles. The van der Waals surface area contributed by atoms with Crippen LogP contribution in [0.15, 0.2) is 40.1 Å². The second kappa shape index (κ2) is 5.66. The molecule has 2 fully saturated rings. The molecule has 3 nitrogen and oxygen atoms in total. The number of carboxylic acids is 1. The van der Waals surface area contributed by atoms with E-state index in [2.05, 4.69) is 0 Å². The van der Waals surface area contributed by atoms with Gasteiger partial charge < -0.3 is 9.90 Å². The molecule has 2 aliphatic rings. The summed E-state index contributed by atoms with van der Waals surface area (Å²) < 4.78 is 0.633. The SMILES string of the molecule is O=C([O-])C(C(=O)[C@@H]1C[C@@H]1c1ccccc1)=C1SCCS1. The number of hydrogen-bond acceptors (Lipinski definition) is 5. The van der Waals surface area contributed by atoms with Crippen molar-refractivity contribution in [2.45, 2.75) is 12.3 Å². The summed E-state index contributed by atoms with van der Waals surface area (Å²) in [6.07, 6.45) is 0.738. The summed E-state index contributed by atoms with van der Waals surface area (Å²) in [5.41, 5.74) is 1.02. The van der Waals surface area contributed by atoms with Crippen molar-refractivity contribution in [3.05, 3.63) is 45.7 Å². The fraction of sp³-hybridized carbons (Fsp3) is 0.333. The molecule has 0 aromatic heterocycles. The number of thioether (sulfide) groups is 2. The number of carboxylic acid groups (broad SMARTS) is 1. The third-order valence-corrected chi connectivity index (χ3v) is 6.27. The summed E-state index contributed by atoms with van der Waals surface area (Å²) in [5, 5.41) is 11.3. The number of benzene rings is 1. The number of ketones is 1. The van der Waals surface area contributed by atoms with E-state index in [9.17, 15) is 14.7 Å². The van der Waals surface area contributed by atoms with Crippen molar-refractivity contribution < 1.29 is 14.7 Å². The lowest BCUT2D eigenvalue weighted by atomic mass is 10.0. The third kappa shape index (κ3) is 2.65. The Hall–Kier alpha value is -1.20. The van der Waals surface area contributed by atoms with Gasteiger partial charge in [0.15, 0.2) is 5.78 Å². The summed E-state index contributed by atoms with van der Waals surface area (Å²) in [6.45, 7) is 0. The molecule has 0 spiro atoms. The maximum Gasteiger partial charge on any atom is 0.170 e. The predicted octanol–water partition coefficient (Wildman–Crippen LogP) is 1.80. The van der Waals surface area contributed by atoms with Crippen LogP contribution in [0.25, 0.3) is 0 Å². The number of hydrogen-bond donors (Lipinski definition) is 0. The fourth-order valence-corrected chi connectivity index (χ4v) is 5.01. The maximum atomic E-state index is 12.4. The Balaban J connectivity index is 1.80. The predicted molar refractivity (Wildman–Crippen MR) is 79.2 cm³/mol. The topological polar surface area (TPSA) is 57.2 Å². The van der Waals surface area contributed by atoms with Crippen LogP contribution in [0.3, 0.4) is 0 Å². The van der Waals surface area contributed by atoms with Crippen LogP contribution in [0.1, 0.15) is 17.9 Å². The van der Waals surface area contributed by atoms with E-state index in [0.29, 0.717) is 4.24 Å². The average Bonchev–Trinajstić information content (AvgIpc) is 3.09. The average molecular weight is 305 g/mol. The van der Waals surface area contributed by atoms with E-state index >= 15 is 0 Å². The van der Waals surface area contributed by atoms with E-state index in [1.165, 1.54) is 23.5 Å². The van der Waals surface area contributed by atoms with Gasteiger partial charge in [-0.3, -0.25) is 4.79 Å². The molecule has 1 heterocycles. The molecule has 20 heavy (non-hydrogen) atoms. The van der Waals surface area contributed by atoms with Gasteiger partial charge in [-0.1, -0.05) is 30.3 Å². The lowest BCUT2D eigenvalue weighted by Crippen LogP contribution is -2.30. The van der Waals surface area contributed by atoms with Gasteiger partial charge in [0.05, 0.1) is 15.8 Å². The van der Waals surface area contributed by atoms with Gasteiger partial charge in [0.1, 0.15) is 0 Å². The number of carbonyl (C=O) groups is 2. The highest BCUT2D eigenvalue weighted by Crippen LogP contribution is 2.50. The van der Waals surface area contributed by atoms with Crippen LogP contribution in [-0.4, -0.2) is 23.3 Å². The van der Waals surface area contributed by atoms with Crippen LogP contribution in [-0.2, 0) is 9.59 Å². The first-order chi connectivity index (χ1) is 9.68. The van der Waals surface area contributed by atoms with Crippen molar-refractivity contribution in [2.75, 3.05) is 11.5 Å². The first-order valence-electron chi connectivity index (χ1n) is 6.49. The van der Waals surface area contributed by atoms with Crippen LogP contribution >= 0.6 is 23.5 Å². The molecule has 1 saturated carbocycles. The highest BCUT2D eigenvalue weighted by atomic mass is 32.2. The first kappa shape index (κ1) is 13.8. The summed E-state index contributed by atoms with van der Waals surface area (Å²) in [6, 6.07) is 9.79. The monoisotopic (exact) mass is 305 g/mol. The van der Waals surface area contributed by atoms with Gasteiger partial charge in [0.25, 0.3) is 0 Å². The van der Waals surface area contributed by atoms with E-state index in [4.69, 9.17) is 0 Å². The minimum atomic E-state index is -1.33. The highest BCUT2D eigenvalue weighted by Gasteiger charge is 2.45. The molecule has 1 saturated heterocycles. The number of Topliss-reactive ketones (excluding diaryl/α,β-unsaturated/α-hetero) is 1. The van der Waals surface area contributed by atoms with E-state index in [0.717, 1.165) is 23.5 Å². The van der Waals surface area contributed by atoms with E-state index < -0.39 is 5.97 Å². The highest BCUT2D eigenvalue weighted by molar-refractivity contribution is 8.25. The van der Waals surface area contributed by atoms with Crippen molar-refractivity contribution >= 4 is 35.3 Å². The molecule has 2 atom stereocenters. The molecule has 1 aromatic carbocycles. The van der Waals surface area contributed by atoms with Crippen LogP contribution in [0.5, 0.6) is 0 Å². The zero-order valence-electron chi connectivity index (χ0n) is 10.7. The molecule has 3 rings (SSSR count). The number of rotatable bonds is 4. The Bertz CT molecular complexity index is 572. The first-order valence-corrected chi connectivity index (χ1v) is 8.46. The normalized spacial score (nSPS) is 24.5. The molecular formula is C15H13O3S2-. The van der Waals surface area contributed by atoms with Gasteiger partial charge in [0, 0.05) is 17.4 Å². The second-order valence-electron chi connectivity index (χ2n) is 4.87. The summed E-state index contributed by atoms with van der Waals surface area (Å²) in [5.74, 6) is 0.101. The maximum absolute atomic E-state index is 12.4. The lowest BCUT2D eigenvalue weighted by molar-refractivity contribution is -0.298. The van der Waals surface area contributed by atoms with Gasteiger partial charge >= 0.3 is 0 Å². The third-order valence-electron chi connectivity index (χ3n) is 3.56. The zero-order chi connectivity index (χ0) is 14.1. The van der Waals surface area contributed by atoms with Gasteiger partial charge in [-0.15, -0.1) is 23.5 Å². The molecular weight excluding hydrogens is 292 g/mol. The van der Waals surface area contributed by atoms with Crippen LogP contribution in [0, 0.1) is 5.92 Å². The molecule has 0 amide bonds. The van der Waals surface area contributed by atoms with Crippen molar-refractivity contribution in [3.8, 4) is 0 Å². The molecule has 0 N–H and O–H groups in total. The fourth-order valence-electron chi connectivity index (χ4n) is 2.48. The molecule has 0 unspecified atom stereocenters. The van der Waals surface area contributed by atoms with Gasteiger partial charge in [-0.25, -0.2) is 0 Å². The van der Waals surface area contributed by atoms with Crippen LogP contribution < -0.4 is 5.11 Å². The van der Waals surface area contributed by atoms with E-state index in [-0.39, 0.29) is 23.2 Å². The van der Waals surface area contributed by atoms with Crippen LogP contribution in [0.2, 0.25) is 0 Å². The number of aliphatic carboxylic acids is 1. The van der Waals surface area contributed by atoms with Crippen molar-refractivity contribution in [1.82, 2.24) is 0 Å². The summed E-state index contributed by atoms with van der Waals surface area (Å²) in [4.78, 5) is 23.7. The minimum absolute atomic E-state index is 0.0964. The van der Waals surface area contributed by atoms with Crippen molar-refractivity contribution in [3.63, 3.8) is 0 Å². The minimum Gasteiger partial charge on any atom is -0.545 e. The molecule has 1 aromatic rings. The van der Waals surface area contributed by atoms with Crippen molar-refractivity contribution in [2.24, 2.45) is 5.92 Å². The quantitative estimate of drug-likeness (QED) is 0.482. The Morgan fingerprint density at radius 1 is 1.10 bits per heavy atom. The summed E-state index contributed by atoms with van der Waals surface area (Å²) in [7, 11) is 0. The largest absolute Gasteiger partial charge is 0.545 e. The van der Waals surface area contributed by atoms with E-state index in [1.54, 1.807) is 0 Å². The Morgan fingerprint density at radius 3 is 2.35 bits per heavy atom. The van der Waals surface area contributed by atoms with Crippen molar-refractivity contribution in [1.29, 1.82) is 0 Å². The van der Waals surface area contributed by atoms with Gasteiger partial charge in [-0.05, 0) is 17.9 Å². The Labute approximate surface area is 125 Å². The lowest BCUT2D eigenvalue weighted by Gasteiger charge is -2.10. The molecule has 5 heteroatoms. The molecule has 0 bridgehead atoms. The number of carbonyl (C=O) groups excluding carboxylic acids is 2. The molecule has 1 aliphatic carbocycles.